The number of pyridine rings is 1. The minimum absolute atomic E-state index is 0.0160. The summed E-state index contributed by atoms with van der Waals surface area (Å²) in [6, 6.07) is 16.2. The molecule has 0 amide bonds. The van der Waals surface area contributed by atoms with Gasteiger partial charge in [0.05, 0.1) is 33.6 Å². The minimum Gasteiger partial charge on any atom is -0.609 e. The van der Waals surface area contributed by atoms with Crippen molar-refractivity contribution in [2.75, 3.05) is 21.3 Å². The monoisotopic (exact) mass is 541 g/mol. The largest absolute Gasteiger partial charge is 0.609 e. The topological polar surface area (TPSA) is 98.5 Å². The fraction of sp³-hybridized carbons (Fsp3) is 0.222. The standard InChI is InChI=1S/C27H25F2N3O5S/c1-35-20-6-4-5-18(11-20)16-38(34)27-30-21(13-22(31-27)26(28)29)19-8-10-25(33)32(15-19)14-17-7-9-23(36-2)24(12-17)37-3/h4-13,15,26H,14,16H2,1-3H3. The molecule has 2 heterocycles. The summed E-state index contributed by atoms with van der Waals surface area (Å²) in [7, 11) is 4.56. The van der Waals surface area contributed by atoms with Gasteiger partial charge < -0.3 is 23.3 Å². The maximum Gasteiger partial charge on any atom is 0.344 e. The van der Waals surface area contributed by atoms with Crippen molar-refractivity contribution in [3.8, 4) is 28.5 Å². The van der Waals surface area contributed by atoms with Gasteiger partial charge in [-0.05, 0) is 42.0 Å². The first-order valence-corrected chi connectivity index (χ1v) is 12.7. The molecule has 11 heteroatoms. The van der Waals surface area contributed by atoms with Crippen LogP contribution in [0.25, 0.3) is 11.3 Å². The number of halogens is 2. The van der Waals surface area contributed by atoms with Crippen molar-refractivity contribution >= 4 is 11.2 Å². The molecule has 1 unspecified atom stereocenters. The lowest BCUT2D eigenvalue weighted by Crippen LogP contribution is -2.19. The Balaban J connectivity index is 1.67. The first kappa shape index (κ1) is 27.1. The molecule has 1 atom stereocenters. The Morgan fingerprint density at radius 2 is 1.71 bits per heavy atom. The molecule has 0 bridgehead atoms. The van der Waals surface area contributed by atoms with Crippen LogP contribution in [0.2, 0.25) is 0 Å². The zero-order chi connectivity index (χ0) is 27.2. The lowest BCUT2D eigenvalue weighted by molar-refractivity contribution is 0.145. The summed E-state index contributed by atoms with van der Waals surface area (Å²) in [5.74, 6) is 1.66. The second kappa shape index (κ2) is 12.1. The molecule has 2 aromatic carbocycles. The van der Waals surface area contributed by atoms with Gasteiger partial charge in [-0.2, -0.15) is 9.97 Å². The van der Waals surface area contributed by atoms with Crippen molar-refractivity contribution in [1.29, 1.82) is 0 Å². The number of ether oxygens (including phenoxy) is 3. The third-order valence-electron chi connectivity index (χ3n) is 5.66. The normalized spacial score (nSPS) is 11.9. The Kier molecular flexibility index (Phi) is 8.59. The third kappa shape index (κ3) is 6.29. The predicted octanol–water partition coefficient (Wildman–Crippen LogP) is 4.62. The number of rotatable bonds is 10. The summed E-state index contributed by atoms with van der Waals surface area (Å²) >= 11 is -1.81. The van der Waals surface area contributed by atoms with Crippen molar-refractivity contribution in [1.82, 2.24) is 14.5 Å². The fourth-order valence-corrected chi connectivity index (χ4v) is 4.78. The van der Waals surface area contributed by atoms with Gasteiger partial charge in [0.2, 0.25) is 0 Å². The highest BCUT2D eigenvalue weighted by Crippen LogP contribution is 2.29. The van der Waals surface area contributed by atoms with Crippen molar-refractivity contribution < 1.29 is 27.5 Å². The van der Waals surface area contributed by atoms with Crippen LogP contribution >= 0.6 is 0 Å². The Bertz CT molecular complexity index is 1480. The number of alkyl halides is 2. The molecular formula is C27H25F2N3O5S. The Labute approximate surface area is 221 Å². The lowest BCUT2D eigenvalue weighted by atomic mass is 10.1. The number of methoxy groups -OCH3 is 3. The molecule has 0 saturated heterocycles. The van der Waals surface area contributed by atoms with Crippen LogP contribution in [0.1, 0.15) is 23.2 Å². The first-order valence-electron chi connectivity index (χ1n) is 11.4. The molecule has 0 aliphatic heterocycles. The van der Waals surface area contributed by atoms with Crippen molar-refractivity contribution in [3.05, 3.63) is 94.0 Å². The molecule has 8 nitrogen and oxygen atoms in total. The summed E-state index contributed by atoms with van der Waals surface area (Å²) in [5.41, 5.74) is 1.12. The number of nitrogens with zero attached hydrogens (tertiary/aromatic N) is 3. The smallest absolute Gasteiger partial charge is 0.344 e. The van der Waals surface area contributed by atoms with E-state index < -0.39 is 23.3 Å². The SMILES string of the molecule is COc1cccc(C[S+]([O-])c2nc(-c3ccc(=O)n(Cc4ccc(OC)c(OC)c4)c3)cc(C(F)F)n2)c1. The average molecular weight is 542 g/mol. The van der Waals surface area contributed by atoms with Gasteiger partial charge in [-0.15, -0.1) is 0 Å². The van der Waals surface area contributed by atoms with E-state index in [1.165, 1.54) is 44.2 Å². The van der Waals surface area contributed by atoms with Gasteiger partial charge in [-0.3, -0.25) is 4.79 Å². The van der Waals surface area contributed by atoms with E-state index in [-0.39, 0.29) is 28.7 Å². The quantitative estimate of drug-likeness (QED) is 0.213. The highest BCUT2D eigenvalue weighted by molar-refractivity contribution is 7.90. The van der Waals surface area contributed by atoms with Crippen molar-refractivity contribution in [2.24, 2.45) is 0 Å². The molecule has 38 heavy (non-hydrogen) atoms. The molecule has 0 aliphatic rings. The van der Waals surface area contributed by atoms with Crippen LogP contribution in [-0.4, -0.2) is 40.4 Å². The maximum absolute atomic E-state index is 13.7. The molecule has 0 fully saturated rings. The van der Waals surface area contributed by atoms with E-state index in [1.807, 2.05) is 0 Å². The molecule has 0 spiro atoms. The molecule has 0 N–H and O–H groups in total. The fourth-order valence-electron chi connectivity index (χ4n) is 3.76. The molecule has 0 saturated carbocycles. The Morgan fingerprint density at radius 1 is 0.921 bits per heavy atom. The molecule has 0 aliphatic carbocycles. The van der Waals surface area contributed by atoms with E-state index in [4.69, 9.17) is 14.2 Å². The van der Waals surface area contributed by atoms with Gasteiger partial charge in [-0.1, -0.05) is 18.2 Å². The average Bonchev–Trinajstić information content (AvgIpc) is 2.93. The van der Waals surface area contributed by atoms with Crippen LogP contribution in [0.15, 0.2) is 76.8 Å². The van der Waals surface area contributed by atoms with Crippen LogP contribution in [-0.2, 0) is 23.5 Å². The van der Waals surface area contributed by atoms with Gasteiger partial charge in [0.1, 0.15) is 17.2 Å². The molecule has 2 aromatic heterocycles. The van der Waals surface area contributed by atoms with Crippen molar-refractivity contribution in [3.63, 3.8) is 0 Å². The van der Waals surface area contributed by atoms with Gasteiger partial charge in [0.25, 0.3) is 12.0 Å². The molecule has 4 aromatic rings. The summed E-state index contributed by atoms with van der Waals surface area (Å²) in [5, 5.41) is -0.224. The lowest BCUT2D eigenvalue weighted by Gasteiger charge is -2.13. The van der Waals surface area contributed by atoms with E-state index in [1.54, 1.807) is 42.5 Å². The van der Waals surface area contributed by atoms with Crippen molar-refractivity contribution in [2.45, 2.75) is 23.9 Å². The second-order valence-corrected chi connectivity index (χ2v) is 9.52. The predicted molar refractivity (Wildman–Crippen MR) is 138 cm³/mol. The van der Waals surface area contributed by atoms with Crippen LogP contribution < -0.4 is 19.8 Å². The zero-order valence-corrected chi connectivity index (χ0v) is 21.7. The summed E-state index contributed by atoms with van der Waals surface area (Å²) in [6.07, 6.45) is -1.38. The summed E-state index contributed by atoms with van der Waals surface area (Å²) < 4.78 is 57.7. The molecule has 198 valence electrons. The Morgan fingerprint density at radius 3 is 2.42 bits per heavy atom. The van der Waals surface area contributed by atoms with Gasteiger partial charge in [0.15, 0.2) is 11.5 Å². The molecule has 0 radical (unpaired) electrons. The maximum atomic E-state index is 13.7. The second-order valence-electron chi connectivity index (χ2n) is 8.18. The zero-order valence-electron chi connectivity index (χ0n) is 20.9. The van der Waals surface area contributed by atoms with E-state index in [0.717, 1.165) is 11.6 Å². The van der Waals surface area contributed by atoms with Crippen LogP contribution in [0.4, 0.5) is 8.78 Å². The first-order chi connectivity index (χ1) is 18.3. The minimum atomic E-state index is -2.90. The van der Waals surface area contributed by atoms with Gasteiger partial charge in [0, 0.05) is 34.6 Å². The Hall–Kier alpha value is -3.96. The highest BCUT2D eigenvalue weighted by atomic mass is 32.2. The third-order valence-corrected chi connectivity index (χ3v) is 6.85. The van der Waals surface area contributed by atoms with Gasteiger partial charge >= 0.3 is 5.16 Å². The van der Waals surface area contributed by atoms with E-state index in [0.29, 0.717) is 28.4 Å². The molecule has 4 rings (SSSR count). The number of benzene rings is 2. The van der Waals surface area contributed by atoms with Crippen LogP contribution in [0, 0.1) is 0 Å². The number of aromatic nitrogens is 3. The van der Waals surface area contributed by atoms with E-state index in [2.05, 4.69) is 9.97 Å². The number of hydrogen-bond acceptors (Lipinski definition) is 7. The summed E-state index contributed by atoms with van der Waals surface area (Å²) in [6.45, 7) is 0.189. The van der Waals surface area contributed by atoms with Crippen LogP contribution in [0.5, 0.6) is 17.2 Å². The van der Waals surface area contributed by atoms with Crippen LogP contribution in [0.3, 0.4) is 0 Å². The highest BCUT2D eigenvalue weighted by Gasteiger charge is 2.22. The van der Waals surface area contributed by atoms with Gasteiger partial charge in [-0.25, -0.2) is 8.78 Å². The van der Waals surface area contributed by atoms with E-state index >= 15 is 0 Å². The summed E-state index contributed by atoms with van der Waals surface area (Å²) in [4.78, 5) is 20.8. The van der Waals surface area contributed by atoms with E-state index in [9.17, 15) is 18.1 Å². The molecular weight excluding hydrogens is 516 g/mol. The number of hydrogen-bond donors (Lipinski definition) is 0.